The van der Waals surface area contributed by atoms with Gasteiger partial charge in [-0.15, -0.1) is 0 Å². The van der Waals surface area contributed by atoms with Crippen LogP contribution in [0.5, 0.6) is 0 Å². The summed E-state index contributed by atoms with van der Waals surface area (Å²) in [5.41, 5.74) is -0.196. The molecule has 1 N–H and O–H groups in total. The second-order valence-electron chi connectivity index (χ2n) is 4.22. The van der Waals surface area contributed by atoms with Crippen molar-refractivity contribution in [1.82, 2.24) is 4.90 Å². The van der Waals surface area contributed by atoms with E-state index >= 15 is 0 Å². The molecule has 3 atom stereocenters. The molecule has 2 fully saturated rings. The second-order valence-corrected chi connectivity index (χ2v) is 4.22. The van der Waals surface area contributed by atoms with Gasteiger partial charge < -0.3 is 5.11 Å². The summed E-state index contributed by atoms with van der Waals surface area (Å²) in [4.78, 5) is 2.15. The average Bonchev–Trinajstić information content (AvgIpc) is 2.51. The van der Waals surface area contributed by atoms with Crippen molar-refractivity contribution >= 4 is 0 Å². The van der Waals surface area contributed by atoms with Crippen molar-refractivity contribution in [2.24, 2.45) is 0 Å². The Morgan fingerprint density at radius 2 is 2.42 bits per heavy atom. The highest BCUT2D eigenvalue weighted by Crippen LogP contribution is 2.42. The molecule has 2 heterocycles. The minimum atomic E-state index is -0.722. The molecule has 3 heteroatoms. The number of rotatable bonds is 1. The molecule has 2 saturated heterocycles. The van der Waals surface area contributed by atoms with Gasteiger partial charge in [0, 0.05) is 24.5 Å². The highest BCUT2D eigenvalue weighted by molar-refractivity contribution is 5.05. The van der Waals surface area contributed by atoms with Crippen LogP contribution in [-0.4, -0.2) is 40.9 Å². The average molecular weight is 173 g/mol. The number of halogens is 1. The van der Waals surface area contributed by atoms with Gasteiger partial charge in [0.15, 0.2) is 0 Å². The van der Waals surface area contributed by atoms with Gasteiger partial charge in [0.05, 0.1) is 6.61 Å². The van der Waals surface area contributed by atoms with Crippen LogP contribution < -0.4 is 0 Å². The zero-order valence-electron chi connectivity index (χ0n) is 7.46. The summed E-state index contributed by atoms with van der Waals surface area (Å²) in [5, 5.41) is 9.25. The van der Waals surface area contributed by atoms with Crippen LogP contribution in [0.15, 0.2) is 0 Å². The monoisotopic (exact) mass is 173 g/mol. The lowest BCUT2D eigenvalue weighted by Crippen LogP contribution is -2.44. The Morgan fingerprint density at radius 1 is 1.67 bits per heavy atom. The van der Waals surface area contributed by atoms with Crippen molar-refractivity contribution < 1.29 is 9.50 Å². The number of aliphatic hydroxyl groups is 1. The van der Waals surface area contributed by atoms with E-state index < -0.39 is 6.17 Å². The van der Waals surface area contributed by atoms with E-state index in [9.17, 15) is 9.50 Å². The van der Waals surface area contributed by atoms with Crippen LogP contribution in [0.4, 0.5) is 4.39 Å². The predicted molar refractivity (Wildman–Crippen MR) is 44.7 cm³/mol. The first-order valence-corrected chi connectivity index (χ1v) is 4.70. The Kier molecular flexibility index (Phi) is 1.88. The minimum absolute atomic E-state index is 0.123. The predicted octanol–water partition coefficient (Wildman–Crippen LogP) is 0.944. The summed E-state index contributed by atoms with van der Waals surface area (Å²) < 4.78 is 13.1. The van der Waals surface area contributed by atoms with E-state index in [1.165, 1.54) is 0 Å². The molecule has 2 rings (SSSR count). The third-order valence-corrected chi connectivity index (χ3v) is 3.46. The molecule has 0 amide bonds. The molecule has 2 aliphatic rings. The third kappa shape index (κ3) is 0.995. The first-order valence-electron chi connectivity index (χ1n) is 4.70. The van der Waals surface area contributed by atoms with E-state index in [2.05, 4.69) is 11.8 Å². The van der Waals surface area contributed by atoms with Crippen LogP contribution in [0, 0.1) is 0 Å². The number of alkyl halides is 1. The Hall–Kier alpha value is -0.150. The number of fused-ring (bicyclic) bond motifs is 1. The van der Waals surface area contributed by atoms with Crippen molar-refractivity contribution in [3.63, 3.8) is 0 Å². The smallest absolute Gasteiger partial charge is 0.115 e. The summed E-state index contributed by atoms with van der Waals surface area (Å²) >= 11 is 0. The summed E-state index contributed by atoms with van der Waals surface area (Å²) in [6, 6.07) is 0.456. The van der Waals surface area contributed by atoms with Gasteiger partial charge in [-0.2, -0.15) is 0 Å². The molecular formula is C9H16FNO. The molecule has 0 radical (unpaired) electrons. The summed E-state index contributed by atoms with van der Waals surface area (Å²) in [5.74, 6) is 0. The number of aliphatic hydroxyl groups excluding tert-OH is 1. The number of hydrogen-bond donors (Lipinski definition) is 1. The molecule has 0 bridgehead atoms. The zero-order chi connectivity index (χ0) is 8.77. The molecule has 0 aromatic rings. The molecule has 70 valence electrons. The first-order chi connectivity index (χ1) is 5.68. The highest BCUT2D eigenvalue weighted by Gasteiger charge is 2.50. The van der Waals surface area contributed by atoms with Crippen LogP contribution in [-0.2, 0) is 0 Å². The molecule has 12 heavy (non-hydrogen) atoms. The lowest BCUT2D eigenvalue weighted by molar-refractivity contribution is 0.0818. The van der Waals surface area contributed by atoms with Crippen molar-refractivity contribution in [2.45, 2.75) is 43.9 Å². The van der Waals surface area contributed by atoms with Crippen LogP contribution in [0.1, 0.15) is 26.2 Å². The normalized spacial score (nSPS) is 48.2. The Labute approximate surface area is 72.4 Å². The van der Waals surface area contributed by atoms with Crippen molar-refractivity contribution in [1.29, 1.82) is 0 Å². The molecule has 3 unspecified atom stereocenters. The van der Waals surface area contributed by atoms with Gasteiger partial charge in [0.25, 0.3) is 0 Å². The van der Waals surface area contributed by atoms with Gasteiger partial charge in [-0.1, -0.05) is 0 Å². The van der Waals surface area contributed by atoms with E-state index in [1.807, 2.05) is 0 Å². The molecule has 0 saturated carbocycles. The Morgan fingerprint density at radius 3 is 3.00 bits per heavy atom. The number of nitrogens with zero attached hydrogens (tertiary/aromatic N) is 1. The Balaban J connectivity index is 2.19. The van der Waals surface area contributed by atoms with Crippen molar-refractivity contribution in [3.05, 3.63) is 0 Å². The second kappa shape index (κ2) is 2.67. The van der Waals surface area contributed by atoms with Crippen LogP contribution >= 0.6 is 0 Å². The van der Waals surface area contributed by atoms with Gasteiger partial charge >= 0.3 is 0 Å². The van der Waals surface area contributed by atoms with E-state index in [1.54, 1.807) is 0 Å². The Bertz CT molecular complexity index is 187. The topological polar surface area (TPSA) is 23.5 Å². The molecule has 0 aromatic carbocycles. The van der Waals surface area contributed by atoms with Gasteiger partial charge in [-0.05, 0) is 19.8 Å². The SMILES string of the molecule is CC1CCC2(CO)CC(F)CN12. The molecule has 0 aromatic heterocycles. The molecule has 0 spiro atoms. The molecule has 0 aliphatic carbocycles. The van der Waals surface area contributed by atoms with E-state index in [-0.39, 0.29) is 12.1 Å². The van der Waals surface area contributed by atoms with E-state index in [0.29, 0.717) is 19.0 Å². The summed E-state index contributed by atoms with van der Waals surface area (Å²) in [6.07, 6.45) is 1.88. The van der Waals surface area contributed by atoms with Gasteiger partial charge in [-0.3, -0.25) is 4.90 Å². The van der Waals surface area contributed by atoms with Crippen LogP contribution in [0.3, 0.4) is 0 Å². The van der Waals surface area contributed by atoms with Crippen molar-refractivity contribution in [2.75, 3.05) is 13.2 Å². The quantitative estimate of drug-likeness (QED) is 0.638. The van der Waals surface area contributed by atoms with Gasteiger partial charge in [0.2, 0.25) is 0 Å². The maximum atomic E-state index is 13.1. The summed E-state index contributed by atoms with van der Waals surface area (Å²) in [6.45, 7) is 2.77. The zero-order valence-corrected chi connectivity index (χ0v) is 7.46. The van der Waals surface area contributed by atoms with Crippen molar-refractivity contribution in [3.8, 4) is 0 Å². The van der Waals surface area contributed by atoms with E-state index in [4.69, 9.17) is 0 Å². The highest BCUT2D eigenvalue weighted by atomic mass is 19.1. The molecular weight excluding hydrogens is 157 g/mol. The third-order valence-electron chi connectivity index (χ3n) is 3.46. The maximum absolute atomic E-state index is 13.1. The lowest BCUT2D eigenvalue weighted by atomic mass is 9.95. The van der Waals surface area contributed by atoms with Gasteiger partial charge in [-0.25, -0.2) is 4.39 Å². The van der Waals surface area contributed by atoms with E-state index in [0.717, 1.165) is 12.8 Å². The minimum Gasteiger partial charge on any atom is -0.394 e. The molecule has 2 aliphatic heterocycles. The fourth-order valence-electron chi connectivity index (χ4n) is 2.76. The number of hydrogen-bond acceptors (Lipinski definition) is 2. The molecule has 2 nitrogen and oxygen atoms in total. The lowest BCUT2D eigenvalue weighted by Gasteiger charge is -2.31. The maximum Gasteiger partial charge on any atom is 0.115 e. The standard InChI is InChI=1S/C9H16FNO/c1-7-2-3-9(6-12)4-8(10)5-11(7)9/h7-8,12H,2-6H2,1H3. The fraction of sp³-hybridized carbons (Fsp3) is 1.00. The fourth-order valence-corrected chi connectivity index (χ4v) is 2.76. The summed E-state index contributed by atoms with van der Waals surface area (Å²) in [7, 11) is 0. The van der Waals surface area contributed by atoms with Crippen LogP contribution in [0.2, 0.25) is 0 Å². The largest absolute Gasteiger partial charge is 0.394 e. The van der Waals surface area contributed by atoms with Crippen LogP contribution in [0.25, 0.3) is 0 Å². The first kappa shape index (κ1) is 8.45. The van der Waals surface area contributed by atoms with Gasteiger partial charge in [0.1, 0.15) is 6.17 Å².